The molecule has 3 atom stereocenters. The Morgan fingerprint density at radius 2 is 1.63 bits per heavy atom. The van der Waals surface area contributed by atoms with Crippen LogP contribution in [0.4, 0.5) is 15.8 Å². The number of rotatable bonds is 7. The van der Waals surface area contributed by atoms with Crippen LogP contribution >= 0.6 is 0 Å². The molecular formula is C31H28FN3O2S. The smallest absolute Gasteiger partial charge is 0.243 e. The fraction of sp³-hybridized carbons (Fsp3) is 0.194. The van der Waals surface area contributed by atoms with E-state index in [2.05, 4.69) is 17.4 Å². The lowest BCUT2D eigenvalue weighted by atomic mass is 9.86. The second-order valence-corrected chi connectivity index (χ2v) is 12.1. The molecule has 0 aromatic heterocycles. The summed E-state index contributed by atoms with van der Waals surface area (Å²) in [5.74, 6) is 0.0205. The fourth-order valence-corrected chi connectivity index (χ4v) is 7.83. The summed E-state index contributed by atoms with van der Waals surface area (Å²) in [6.07, 6.45) is 1.31. The molecule has 2 N–H and O–H groups in total. The zero-order valence-electron chi connectivity index (χ0n) is 20.9. The van der Waals surface area contributed by atoms with Gasteiger partial charge in [0.1, 0.15) is 5.82 Å². The molecule has 38 heavy (non-hydrogen) atoms. The van der Waals surface area contributed by atoms with Crippen molar-refractivity contribution in [3.05, 3.63) is 125 Å². The highest BCUT2D eigenvalue weighted by Gasteiger charge is 2.71. The minimum absolute atomic E-state index is 0.136. The van der Waals surface area contributed by atoms with Gasteiger partial charge in [-0.3, -0.25) is 0 Å². The Labute approximate surface area is 222 Å². The van der Waals surface area contributed by atoms with E-state index in [0.29, 0.717) is 23.5 Å². The van der Waals surface area contributed by atoms with Crippen LogP contribution in [-0.4, -0.2) is 32.0 Å². The number of aryl methyl sites for hydroxylation is 1. The number of hydrogen-bond donors (Lipinski definition) is 2. The van der Waals surface area contributed by atoms with Crippen molar-refractivity contribution in [2.24, 2.45) is 5.92 Å². The number of nitrogens with one attached hydrogen (secondary N) is 2. The van der Waals surface area contributed by atoms with Crippen molar-refractivity contribution in [1.82, 2.24) is 4.31 Å². The molecule has 1 aliphatic carbocycles. The predicted octanol–water partition coefficient (Wildman–Crippen LogP) is 6.23. The SMILES string of the molecule is Cc1cc(Nc2ccc(F)cc2)c(C=N)cc1[C@@]12CN(S(=O)(=O)c3ccccc3)C[C@@H]1[C@H]2c1ccccc1. The molecule has 0 radical (unpaired) electrons. The van der Waals surface area contributed by atoms with Crippen LogP contribution in [-0.2, 0) is 15.4 Å². The summed E-state index contributed by atoms with van der Waals surface area (Å²) in [5.41, 5.74) is 5.12. The summed E-state index contributed by atoms with van der Waals surface area (Å²) in [6.45, 7) is 2.88. The quantitative estimate of drug-likeness (QED) is 0.281. The Hall–Kier alpha value is -3.81. The van der Waals surface area contributed by atoms with Gasteiger partial charge >= 0.3 is 0 Å². The Morgan fingerprint density at radius 1 is 0.974 bits per heavy atom. The van der Waals surface area contributed by atoms with E-state index < -0.39 is 10.0 Å². The van der Waals surface area contributed by atoms with E-state index in [1.165, 1.54) is 23.9 Å². The van der Waals surface area contributed by atoms with E-state index in [4.69, 9.17) is 5.41 Å². The third-order valence-electron chi connectivity index (χ3n) is 8.06. The summed E-state index contributed by atoms with van der Waals surface area (Å²) in [5, 5.41) is 11.4. The van der Waals surface area contributed by atoms with Gasteiger partial charge in [0, 0.05) is 47.6 Å². The van der Waals surface area contributed by atoms with Gasteiger partial charge in [-0.2, -0.15) is 4.31 Å². The summed E-state index contributed by atoms with van der Waals surface area (Å²) < 4.78 is 42.1. The number of fused-ring (bicyclic) bond motifs is 1. The van der Waals surface area contributed by atoms with Crippen molar-refractivity contribution < 1.29 is 12.8 Å². The van der Waals surface area contributed by atoms with Gasteiger partial charge in [0.15, 0.2) is 0 Å². The summed E-state index contributed by atoms with van der Waals surface area (Å²) >= 11 is 0. The van der Waals surface area contributed by atoms with Crippen molar-refractivity contribution in [2.75, 3.05) is 18.4 Å². The zero-order chi connectivity index (χ0) is 26.5. The van der Waals surface area contributed by atoms with E-state index in [1.807, 2.05) is 43.3 Å². The van der Waals surface area contributed by atoms with Crippen LogP contribution < -0.4 is 5.32 Å². The molecule has 1 aliphatic heterocycles. The van der Waals surface area contributed by atoms with Gasteiger partial charge in [-0.15, -0.1) is 0 Å². The second kappa shape index (κ2) is 9.19. The molecule has 1 saturated heterocycles. The maximum Gasteiger partial charge on any atom is 0.243 e. The Bertz CT molecular complexity index is 1610. The fourth-order valence-electron chi connectivity index (χ4n) is 6.29. The monoisotopic (exact) mass is 525 g/mol. The average Bonchev–Trinajstić information content (AvgIpc) is 3.39. The van der Waals surface area contributed by atoms with Crippen LogP contribution in [0, 0.1) is 24.1 Å². The third kappa shape index (κ3) is 3.94. The molecule has 0 bridgehead atoms. The van der Waals surface area contributed by atoms with E-state index in [-0.39, 0.29) is 23.1 Å². The summed E-state index contributed by atoms with van der Waals surface area (Å²) in [6, 6.07) is 29.1. The molecule has 2 aliphatic rings. The molecule has 4 aromatic carbocycles. The lowest BCUT2D eigenvalue weighted by Crippen LogP contribution is -2.34. The second-order valence-electron chi connectivity index (χ2n) is 10.2. The number of nitrogens with zero attached hydrogens (tertiary/aromatic N) is 1. The average molecular weight is 526 g/mol. The van der Waals surface area contributed by atoms with Crippen LogP contribution in [0.2, 0.25) is 0 Å². The van der Waals surface area contributed by atoms with Gasteiger partial charge in [0.25, 0.3) is 0 Å². The number of benzene rings is 4. The van der Waals surface area contributed by atoms with Crippen LogP contribution in [0.3, 0.4) is 0 Å². The maximum atomic E-state index is 13.6. The van der Waals surface area contributed by atoms with Crippen molar-refractivity contribution in [3.63, 3.8) is 0 Å². The highest BCUT2D eigenvalue weighted by atomic mass is 32.2. The first-order valence-corrected chi connectivity index (χ1v) is 14.1. The minimum Gasteiger partial charge on any atom is -0.355 e. The van der Waals surface area contributed by atoms with Gasteiger partial charge in [-0.25, -0.2) is 12.8 Å². The maximum absolute atomic E-state index is 13.6. The lowest BCUT2D eigenvalue weighted by Gasteiger charge is -2.26. The number of anilines is 2. The van der Waals surface area contributed by atoms with Gasteiger partial charge < -0.3 is 10.7 Å². The van der Waals surface area contributed by atoms with Crippen LogP contribution in [0.25, 0.3) is 0 Å². The van der Waals surface area contributed by atoms with Crippen LogP contribution in [0.1, 0.15) is 28.2 Å². The predicted molar refractivity (Wildman–Crippen MR) is 148 cm³/mol. The molecule has 5 nitrogen and oxygen atoms in total. The Morgan fingerprint density at radius 3 is 2.29 bits per heavy atom. The van der Waals surface area contributed by atoms with Crippen molar-refractivity contribution in [2.45, 2.75) is 23.2 Å². The van der Waals surface area contributed by atoms with Gasteiger partial charge in [-0.1, -0.05) is 48.5 Å². The minimum atomic E-state index is -3.63. The first-order valence-electron chi connectivity index (χ1n) is 12.6. The molecule has 6 rings (SSSR count). The Balaban J connectivity index is 1.41. The van der Waals surface area contributed by atoms with Crippen LogP contribution in [0.15, 0.2) is 102 Å². The molecule has 192 valence electrons. The van der Waals surface area contributed by atoms with Gasteiger partial charge in [0.05, 0.1) is 4.90 Å². The zero-order valence-corrected chi connectivity index (χ0v) is 21.8. The molecule has 4 aromatic rings. The molecule has 1 heterocycles. The third-order valence-corrected chi connectivity index (χ3v) is 9.89. The lowest BCUT2D eigenvalue weighted by molar-refractivity contribution is 0.421. The molecule has 0 amide bonds. The normalized spacial score (nSPS) is 22.6. The molecule has 1 saturated carbocycles. The van der Waals surface area contributed by atoms with Gasteiger partial charge in [-0.05, 0) is 78.1 Å². The number of halogens is 1. The van der Waals surface area contributed by atoms with Crippen molar-refractivity contribution in [3.8, 4) is 0 Å². The van der Waals surface area contributed by atoms with Crippen molar-refractivity contribution >= 4 is 27.6 Å². The van der Waals surface area contributed by atoms with Crippen LogP contribution in [0.5, 0.6) is 0 Å². The number of piperidine rings is 1. The molecule has 0 unspecified atom stereocenters. The highest BCUT2D eigenvalue weighted by Crippen LogP contribution is 2.70. The van der Waals surface area contributed by atoms with E-state index >= 15 is 0 Å². The summed E-state index contributed by atoms with van der Waals surface area (Å²) in [4.78, 5) is 0.309. The number of hydrogen-bond acceptors (Lipinski definition) is 4. The van der Waals surface area contributed by atoms with Crippen molar-refractivity contribution in [1.29, 1.82) is 5.41 Å². The van der Waals surface area contributed by atoms with E-state index in [1.54, 1.807) is 40.7 Å². The number of sulfonamides is 1. The first kappa shape index (κ1) is 24.5. The van der Waals surface area contributed by atoms with E-state index in [0.717, 1.165) is 22.5 Å². The van der Waals surface area contributed by atoms with E-state index in [9.17, 15) is 12.8 Å². The largest absolute Gasteiger partial charge is 0.355 e. The highest BCUT2D eigenvalue weighted by molar-refractivity contribution is 7.89. The molecule has 0 spiro atoms. The summed E-state index contributed by atoms with van der Waals surface area (Å²) in [7, 11) is -3.63. The topological polar surface area (TPSA) is 73.3 Å². The molecular weight excluding hydrogens is 497 g/mol. The first-order chi connectivity index (χ1) is 18.3. The molecule has 2 fully saturated rings. The standard InChI is InChI=1S/C31H28FN3O2S/c1-21-16-29(34-25-14-12-24(32)13-15-25)23(18-33)17-27(21)31-20-35(38(36,37)26-10-6-3-7-11-26)19-28(31)30(31)22-8-4-2-5-9-22/h2-18,28,30,33-34H,19-20H2,1H3/t28-,30-,31+/m1/s1. The van der Waals surface area contributed by atoms with Gasteiger partial charge in [0.2, 0.25) is 10.0 Å². The Kier molecular flexibility index (Phi) is 5.93. The molecule has 7 heteroatoms.